The van der Waals surface area contributed by atoms with Gasteiger partial charge in [0.05, 0.1) is 6.54 Å². The molecule has 0 amide bonds. The zero-order valence-corrected chi connectivity index (χ0v) is 9.96. The van der Waals surface area contributed by atoms with Crippen molar-refractivity contribution in [3.05, 3.63) is 16.6 Å². The molecule has 3 nitrogen and oxygen atoms in total. The van der Waals surface area contributed by atoms with Crippen LogP contribution in [0.3, 0.4) is 0 Å². The minimum Gasteiger partial charge on any atom is -0.396 e. The molecule has 0 bridgehead atoms. The van der Waals surface area contributed by atoms with Gasteiger partial charge in [0, 0.05) is 30.1 Å². The molecule has 1 N–H and O–H groups in total. The molecule has 1 aromatic heterocycles. The van der Waals surface area contributed by atoms with Crippen LogP contribution in [0.2, 0.25) is 0 Å². The van der Waals surface area contributed by atoms with Crippen LogP contribution in [0.5, 0.6) is 0 Å². The fourth-order valence-electron chi connectivity index (χ4n) is 2.21. The third-order valence-corrected chi connectivity index (χ3v) is 3.85. The molecule has 2 heterocycles. The van der Waals surface area contributed by atoms with Crippen molar-refractivity contribution in [2.24, 2.45) is 5.41 Å². The zero-order chi connectivity index (χ0) is 10.7. The molecule has 1 aromatic rings. The number of rotatable bonds is 3. The zero-order valence-electron chi connectivity index (χ0n) is 9.15. The van der Waals surface area contributed by atoms with Crippen LogP contribution in [0.15, 0.2) is 11.6 Å². The first kappa shape index (κ1) is 11.0. The molecule has 1 fully saturated rings. The number of hydrogen-bond donors (Lipinski definition) is 1. The van der Waals surface area contributed by atoms with Gasteiger partial charge in [-0.15, -0.1) is 11.3 Å². The number of nitrogens with zero attached hydrogens (tertiary/aromatic N) is 2. The second kappa shape index (κ2) is 4.60. The summed E-state index contributed by atoms with van der Waals surface area (Å²) in [7, 11) is 0. The molecule has 15 heavy (non-hydrogen) atoms. The van der Waals surface area contributed by atoms with E-state index in [1.54, 1.807) is 11.3 Å². The number of aromatic nitrogens is 1. The maximum absolute atomic E-state index is 9.35. The van der Waals surface area contributed by atoms with Crippen molar-refractivity contribution in [3.63, 3.8) is 0 Å². The normalized spacial score (nSPS) is 28.1. The molecule has 84 valence electrons. The maximum atomic E-state index is 9.35. The Morgan fingerprint density at radius 1 is 1.67 bits per heavy atom. The van der Waals surface area contributed by atoms with E-state index in [2.05, 4.69) is 16.8 Å². The van der Waals surface area contributed by atoms with Crippen molar-refractivity contribution in [2.75, 3.05) is 19.7 Å². The SMILES string of the molecule is CC1(CO)CCCN(Cc2nccs2)C1. The molecule has 1 atom stereocenters. The highest BCUT2D eigenvalue weighted by atomic mass is 32.1. The fourth-order valence-corrected chi connectivity index (χ4v) is 2.87. The van der Waals surface area contributed by atoms with Crippen molar-refractivity contribution in [1.82, 2.24) is 9.88 Å². The summed E-state index contributed by atoms with van der Waals surface area (Å²) in [5, 5.41) is 12.6. The summed E-state index contributed by atoms with van der Waals surface area (Å²) < 4.78 is 0. The Morgan fingerprint density at radius 3 is 3.20 bits per heavy atom. The van der Waals surface area contributed by atoms with E-state index in [9.17, 15) is 5.11 Å². The minimum absolute atomic E-state index is 0.0928. The number of piperidine rings is 1. The summed E-state index contributed by atoms with van der Waals surface area (Å²) in [5.74, 6) is 0. The van der Waals surface area contributed by atoms with E-state index in [-0.39, 0.29) is 5.41 Å². The lowest BCUT2D eigenvalue weighted by atomic mass is 9.83. The smallest absolute Gasteiger partial charge is 0.107 e. The lowest BCUT2D eigenvalue weighted by Crippen LogP contribution is -2.43. The second-order valence-electron chi connectivity index (χ2n) is 4.71. The van der Waals surface area contributed by atoms with Crippen LogP contribution in [0.25, 0.3) is 0 Å². The van der Waals surface area contributed by atoms with Gasteiger partial charge < -0.3 is 5.11 Å². The summed E-state index contributed by atoms with van der Waals surface area (Å²) in [4.78, 5) is 6.70. The van der Waals surface area contributed by atoms with E-state index >= 15 is 0 Å². The van der Waals surface area contributed by atoms with Gasteiger partial charge in [-0.2, -0.15) is 0 Å². The van der Waals surface area contributed by atoms with Crippen LogP contribution in [0.1, 0.15) is 24.8 Å². The van der Waals surface area contributed by atoms with Crippen LogP contribution in [0.4, 0.5) is 0 Å². The quantitative estimate of drug-likeness (QED) is 0.853. The fraction of sp³-hybridized carbons (Fsp3) is 0.727. The number of aliphatic hydroxyl groups is 1. The van der Waals surface area contributed by atoms with Gasteiger partial charge in [-0.25, -0.2) is 4.98 Å². The molecular weight excluding hydrogens is 208 g/mol. The van der Waals surface area contributed by atoms with Crippen LogP contribution >= 0.6 is 11.3 Å². The molecule has 1 aliphatic heterocycles. The van der Waals surface area contributed by atoms with Crippen LogP contribution in [0, 0.1) is 5.41 Å². The highest BCUT2D eigenvalue weighted by Crippen LogP contribution is 2.29. The van der Waals surface area contributed by atoms with Crippen molar-refractivity contribution < 1.29 is 5.11 Å². The standard InChI is InChI=1S/C11H18N2OS/c1-11(9-14)3-2-5-13(8-11)7-10-12-4-6-15-10/h4,6,14H,2-3,5,7-9H2,1H3. The molecule has 1 unspecified atom stereocenters. The average molecular weight is 226 g/mol. The molecule has 2 rings (SSSR count). The number of aliphatic hydroxyl groups excluding tert-OH is 1. The van der Waals surface area contributed by atoms with Gasteiger partial charge >= 0.3 is 0 Å². The summed E-state index contributed by atoms with van der Waals surface area (Å²) in [5.41, 5.74) is 0.0928. The Morgan fingerprint density at radius 2 is 2.53 bits per heavy atom. The Kier molecular flexibility index (Phi) is 3.38. The molecule has 0 aromatic carbocycles. The van der Waals surface area contributed by atoms with Crippen molar-refractivity contribution in [2.45, 2.75) is 26.3 Å². The maximum Gasteiger partial charge on any atom is 0.107 e. The van der Waals surface area contributed by atoms with Gasteiger partial charge in [0.15, 0.2) is 0 Å². The van der Waals surface area contributed by atoms with Gasteiger partial charge in [0.1, 0.15) is 5.01 Å². The first-order valence-corrected chi connectivity index (χ1v) is 6.31. The molecule has 0 radical (unpaired) electrons. The Balaban J connectivity index is 1.93. The van der Waals surface area contributed by atoms with Gasteiger partial charge in [0.2, 0.25) is 0 Å². The molecular formula is C11H18N2OS. The van der Waals surface area contributed by atoms with Crippen molar-refractivity contribution >= 4 is 11.3 Å². The first-order chi connectivity index (χ1) is 7.22. The van der Waals surface area contributed by atoms with Gasteiger partial charge in [-0.3, -0.25) is 4.90 Å². The Hall–Kier alpha value is -0.450. The molecule has 4 heteroatoms. The van der Waals surface area contributed by atoms with E-state index in [4.69, 9.17) is 0 Å². The second-order valence-corrected chi connectivity index (χ2v) is 5.69. The summed E-state index contributed by atoms with van der Waals surface area (Å²) in [6.07, 6.45) is 4.18. The monoisotopic (exact) mass is 226 g/mol. The van der Waals surface area contributed by atoms with Crippen LogP contribution < -0.4 is 0 Å². The van der Waals surface area contributed by atoms with Crippen LogP contribution in [-0.4, -0.2) is 34.7 Å². The molecule has 0 spiro atoms. The topological polar surface area (TPSA) is 36.4 Å². The third kappa shape index (κ3) is 2.77. The summed E-state index contributed by atoms with van der Waals surface area (Å²) in [6.45, 7) is 5.52. The van der Waals surface area contributed by atoms with E-state index < -0.39 is 0 Å². The third-order valence-electron chi connectivity index (χ3n) is 3.08. The Bertz CT molecular complexity index is 302. The lowest BCUT2D eigenvalue weighted by molar-refractivity contribution is 0.0429. The summed E-state index contributed by atoms with van der Waals surface area (Å²) in [6, 6.07) is 0. The number of thiazole rings is 1. The van der Waals surface area contributed by atoms with Gasteiger partial charge in [-0.05, 0) is 19.4 Å². The number of hydrogen-bond acceptors (Lipinski definition) is 4. The molecule has 0 saturated carbocycles. The number of likely N-dealkylation sites (tertiary alicyclic amines) is 1. The van der Waals surface area contributed by atoms with E-state index in [0.29, 0.717) is 6.61 Å². The highest BCUT2D eigenvalue weighted by Gasteiger charge is 2.30. The Labute approximate surface area is 94.8 Å². The first-order valence-electron chi connectivity index (χ1n) is 5.43. The average Bonchev–Trinajstić information content (AvgIpc) is 2.71. The molecule has 0 aliphatic carbocycles. The minimum atomic E-state index is 0.0928. The van der Waals surface area contributed by atoms with Crippen LogP contribution in [-0.2, 0) is 6.54 Å². The van der Waals surface area contributed by atoms with E-state index in [1.807, 2.05) is 11.6 Å². The van der Waals surface area contributed by atoms with E-state index in [0.717, 1.165) is 26.1 Å². The van der Waals surface area contributed by atoms with E-state index in [1.165, 1.54) is 11.4 Å². The van der Waals surface area contributed by atoms with Crippen molar-refractivity contribution in [1.29, 1.82) is 0 Å². The van der Waals surface area contributed by atoms with Crippen molar-refractivity contribution in [3.8, 4) is 0 Å². The predicted molar refractivity (Wildman–Crippen MR) is 61.8 cm³/mol. The predicted octanol–water partition coefficient (Wildman–Crippen LogP) is 1.74. The van der Waals surface area contributed by atoms with Gasteiger partial charge in [-0.1, -0.05) is 6.92 Å². The molecule has 1 aliphatic rings. The lowest BCUT2D eigenvalue weighted by Gasteiger charge is -2.38. The highest BCUT2D eigenvalue weighted by molar-refractivity contribution is 7.09. The van der Waals surface area contributed by atoms with Gasteiger partial charge in [0.25, 0.3) is 0 Å². The molecule has 1 saturated heterocycles. The largest absolute Gasteiger partial charge is 0.396 e. The summed E-state index contributed by atoms with van der Waals surface area (Å²) >= 11 is 1.71.